The summed E-state index contributed by atoms with van der Waals surface area (Å²) in [6.07, 6.45) is 0. The summed E-state index contributed by atoms with van der Waals surface area (Å²) >= 11 is 0. The van der Waals surface area contributed by atoms with Crippen molar-refractivity contribution >= 4 is 15.7 Å². The van der Waals surface area contributed by atoms with Gasteiger partial charge in [0.25, 0.3) is 5.69 Å². The molecular formula is C12H17N3O4S. The lowest BCUT2D eigenvalue weighted by Gasteiger charge is -2.31. The molecule has 0 atom stereocenters. The number of nitro groups is 1. The highest BCUT2D eigenvalue weighted by atomic mass is 32.2. The van der Waals surface area contributed by atoms with Crippen LogP contribution in [0.2, 0.25) is 0 Å². The fourth-order valence-electron chi connectivity index (χ4n) is 2.17. The molecule has 1 aliphatic rings. The van der Waals surface area contributed by atoms with Crippen LogP contribution in [0.4, 0.5) is 5.69 Å². The molecule has 0 amide bonds. The van der Waals surface area contributed by atoms with Crippen LogP contribution in [0.15, 0.2) is 24.3 Å². The van der Waals surface area contributed by atoms with Crippen molar-refractivity contribution in [1.82, 2.24) is 9.21 Å². The number of piperazine rings is 1. The molecule has 2 rings (SSSR count). The molecule has 0 aromatic heterocycles. The van der Waals surface area contributed by atoms with E-state index < -0.39 is 14.9 Å². The lowest BCUT2D eigenvalue weighted by Crippen LogP contribution is -2.47. The monoisotopic (exact) mass is 299 g/mol. The Hall–Kier alpha value is -1.51. The van der Waals surface area contributed by atoms with Gasteiger partial charge in [0.15, 0.2) is 0 Å². The van der Waals surface area contributed by atoms with Crippen LogP contribution >= 0.6 is 0 Å². The number of para-hydroxylation sites is 1. The van der Waals surface area contributed by atoms with Gasteiger partial charge in [-0.05, 0) is 7.05 Å². The second kappa shape index (κ2) is 5.86. The summed E-state index contributed by atoms with van der Waals surface area (Å²) in [7, 11) is -1.58. The van der Waals surface area contributed by atoms with E-state index in [1.807, 2.05) is 7.05 Å². The zero-order valence-corrected chi connectivity index (χ0v) is 12.0. The molecule has 1 aromatic carbocycles. The van der Waals surface area contributed by atoms with Crippen LogP contribution in [0, 0.1) is 10.1 Å². The Bertz CT molecular complexity index is 594. The summed E-state index contributed by atoms with van der Waals surface area (Å²) in [5, 5.41) is 10.9. The van der Waals surface area contributed by atoms with Crippen molar-refractivity contribution in [3.05, 3.63) is 39.9 Å². The molecule has 0 N–H and O–H groups in total. The Balaban J connectivity index is 2.18. The van der Waals surface area contributed by atoms with Crippen LogP contribution < -0.4 is 0 Å². The molecule has 1 saturated heterocycles. The number of hydrogen-bond donors (Lipinski definition) is 0. The summed E-state index contributed by atoms with van der Waals surface area (Å²) in [4.78, 5) is 12.4. The number of rotatable bonds is 4. The molecular weight excluding hydrogens is 282 g/mol. The average molecular weight is 299 g/mol. The molecule has 0 saturated carbocycles. The molecule has 1 heterocycles. The Morgan fingerprint density at radius 2 is 1.80 bits per heavy atom. The normalized spacial score (nSPS) is 18.1. The van der Waals surface area contributed by atoms with Crippen LogP contribution in [0.25, 0.3) is 0 Å². The van der Waals surface area contributed by atoms with Gasteiger partial charge in [0.1, 0.15) is 0 Å². The minimum atomic E-state index is -3.51. The van der Waals surface area contributed by atoms with E-state index in [0.29, 0.717) is 26.2 Å². The van der Waals surface area contributed by atoms with Gasteiger partial charge in [-0.15, -0.1) is 0 Å². The lowest BCUT2D eigenvalue weighted by atomic mass is 10.2. The quantitative estimate of drug-likeness (QED) is 0.603. The van der Waals surface area contributed by atoms with E-state index in [1.165, 1.54) is 22.5 Å². The maximum Gasteiger partial charge on any atom is 0.273 e. The maximum absolute atomic E-state index is 12.3. The Kier molecular flexibility index (Phi) is 4.36. The third-order valence-corrected chi connectivity index (χ3v) is 5.21. The molecule has 7 nitrogen and oxygen atoms in total. The topological polar surface area (TPSA) is 83.8 Å². The first-order valence-corrected chi connectivity index (χ1v) is 7.90. The van der Waals surface area contributed by atoms with Gasteiger partial charge in [-0.1, -0.05) is 18.2 Å². The smallest absolute Gasteiger partial charge is 0.273 e. The van der Waals surface area contributed by atoms with Crippen molar-refractivity contribution in [2.45, 2.75) is 5.75 Å². The van der Waals surface area contributed by atoms with E-state index in [2.05, 4.69) is 4.90 Å². The first-order chi connectivity index (χ1) is 9.40. The first kappa shape index (κ1) is 14.9. The fraction of sp³-hybridized carbons (Fsp3) is 0.500. The summed E-state index contributed by atoms with van der Waals surface area (Å²) in [6, 6.07) is 5.96. The fourth-order valence-corrected chi connectivity index (χ4v) is 3.70. The molecule has 110 valence electrons. The molecule has 1 aromatic rings. The van der Waals surface area contributed by atoms with Gasteiger partial charge in [0, 0.05) is 37.8 Å². The van der Waals surface area contributed by atoms with Gasteiger partial charge < -0.3 is 4.90 Å². The van der Waals surface area contributed by atoms with Gasteiger partial charge in [0.05, 0.1) is 10.7 Å². The molecule has 0 spiro atoms. The highest BCUT2D eigenvalue weighted by molar-refractivity contribution is 7.88. The predicted molar refractivity (Wildman–Crippen MR) is 74.8 cm³/mol. The summed E-state index contributed by atoms with van der Waals surface area (Å²) < 4.78 is 26.0. The highest BCUT2D eigenvalue weighted by Crippen LogP contribution is 2.22. The molecule has 0 bridgehead atoms. The third kappa shape index (κ3) is 3.33. The molecule has 8 heteroatoms. The van der Waals surface area contributed by atoms with Crippen molar-refractivity contribution in [3.63, 3.8) is 0 Å². The summed E-state index contributed by atoms with van der Waals surface area (Å²) in [5.74, 6) is -0.326. The highest BCUT2D eigenvalue weighted by Gasteiger charge is 2.28. The van der Waals surface area contributed by atoms with Crippen molar-refractivity contribution < 1.29 is 13.3 Å². The van der Waals surface area contributed by atoms with Gasteiger partial charge in [-0.25, -0.2) is 8.42 Å². The van der Waals surface area contributed by atoms with Gasteiger partial charge >= 0.3 is 0 Å². The van der Waals surface area contributed by atoms with Crippen molar-refractivity contribution in [1.29, 1.82) is 0 Å². The lowest BCUT2D eigenvalue weighted by molar-refractivity contribution is -0.385. The minimum Gasteiger partial charge on any atom is -0.304 e. The van der Waals surface area contributed by atoms with Crippen LogP contribution in [0.5, 0.6) is 0 Å². The number of nitrogens with zero attached hydrogens (tertiary/aromatic N) is 3. The number of likely N-dealkylation sites (N-methyl/N-ethyl adjacent to an activating group) is 1. The number of benzene rings is 1. The molecule has 0 aliphatic carbocycles. The van der Waals surface area contributed by atoms with Crippen molar-refractivity contribution in [2.75, 3.05) is 33.2 Å². The zero-order valence-electron chi connectivity index (χ0n) is 11.2. The average Bonchev–Trinajstić information content (AvgIpc) is 2.39. The Morgan fingerprint density at radius 3 is 2.40 bits per heavy atom. The van der Waals surface area contributed by atoms with Gasteiger partial charge in [-0.3, -0.25) is 10.1 Å². The van der Waals surface area contributed by atoms with Crippen LogP contribution in [-0.4, -0.2) is 55.8 Å². The van der Waals surface area contributed by atoms with E-state index >= 15 is 0 Å². The van der Waals surface area contributed by atoms with E-state index in [4.69, 9.17) is 0 Å². The second-order valence-corrected chi connectivity index (χ2v) is 6.81. The van der Waals surface area contributed by atoms with E-state index in [9.17, 15) is 18.5 Å². The van der Waals surface area contributed by atoms with Crippen molar-refractivity contribution in [2.24, 2.45) is 0 Å². The second-order valence-electron chi connectivity index (χ2n) is 4.84. The van der Waals surface area contributed by atoms with E-state index in [-0.39, 0.29) is 17.0 Å². The van der Waals surface area contributed by atoms with Crippen LogP contribution in [-0.2, 0) is 15.8 Å². The predicted octanol–water partition coefficient (Wildman–Crippen LogP) is 0.672. The first-order valence-electron chi connectivity index (χ1n) is 6.29. The number of hydrogen-bond acceptors (Lipinski definition) is 5. The molecule has 0 radical (unpaired) electrons. The number of sulfonamides is 1. The number of nitro benzene ring substituents is 1. The van der Waals surface area contributed by atoms with E-state index in [0.717, 1.165) is 0 Å². The molecule has 0 unspecified atom stereocenters. The molecule has 1 fully saturated rings. The minimum absolute atomic E-state index is 0.148. The third-order valence-electron chi connectivity index (χ3n) is 3.38. The Morgan fingerprint density at radius 1 is 1.20 bits per heavy atom. The van der Waals surface area contributed by atoms with Crippen LogP contribution in [0.1, 0.15) is 5.56 Å². The Labute approximate surface area is 118 Å². The van der Waals surface area contributed by atoms with Crippen molar-refractivity contribution in [3.8, 4) is 0 Å². The summed E-state index contributed by atoms with van der Waals surface area (Å²) in [5.41, 5.74) is 0.0848. The van der Waals surface area contributed by atoms with Gasteiger partial charge in [0.2, 0.25) is 10.0 Å². The van der Waals surface area contributed by atoms with E-state index in [1.54, 1.807) is 6.07 Å². The van der Waals surface area contributed by atoms with Gasteiger partial charge in [-0.2, -0.15) is 4.31 Å². The summed E-state index contributed by atoms with van der Waals surface area (Å²) in [6.45, 7) is 2.21. The maximum atomic E-state index is 12.3. The molecule has 1 aliphatic heterocycles. The standard InChI is InChI=1S/C12H17N3O4S/c1-13-6-8-14(9-7-13)20(18,19)10-11-4-2-3-5-12(11)15(16)17/h2-5H,6-10H2,1H3. The van der Waals surface area contributed by atoms with Crippen LogP contribution in [0.3, 0.4) is 0 Å². The molecule has 20 heavy (non-hydrogen) atoms. The zero-order chi connectivity index (χ0) is 14.8. The largest absolute Gasteiger partial charge is 0.304 e. The SMILES string of the molecule is CN1CCN(S(=O)(=O)Cc2ccccc2[N+](=O)[O-])CC1.